The van der Waals surface area contributed by atoms with Crippen LogP contribution in [0.3, 0.4) is 0 Å². The van der Waals surface area contributed by atoms with E-state index in [2.05, 4.69) is 10.6 Å². The molecule has 0 aromatic rings. The van der Waals surface area contributed by atoms with Gasteiger partial charge in [0.1, 0.15) is 12.1 Å². The molecule has 1 saturated carbocycles. The van der Waals surface area contributed by atoms with Crippen molar-refractivity contribution in [2.24, 2.45) is 0 Å². The van der Waals surface area contributed by atoms with Crippen LogP contribution in [0, 0.1) is 0 Å². The Bertz CT molecular complexity index is 231. The zero-order valence-corrected chi connectivity index (χ0v) is 10.00. The van der Waals surface area contributed by atoms with Crippen LogP contribution in [0.2, 0.25) is 0 Å². The molecular weight excluding hydrogens is 204 g/mol. The van der Waals surface area contributed by atoms with Gasteiger partial charge in [0, 0.05) is 6.04 Å². The monoisotopic (exact) mass is 226 g/mol. The van der Waals surface area contributed by atoms with E-state index in [-0.39, 0.29) is 18.1 Å². The summed E-state index contributed by atoms with van der Waals surface area (Å²) in [6.07, 6.45) is 6.42. The summed E-state index contributed by atoms with van der Waals surface area (Å²) < 4.78 is 5.54. The van der Waals surface area contributed by atoms with Gasteiger partial charge < -0.3 is 15.4 Å². The molecule has 2 fully saturated rings. The number of hydrogen-bond donors (Lipinski definition) is 2. The van der Waals surface area contributed by atoms with Crippen LogP contribution < -0.4 is 10.6 Å². The third kappa shape index (κ3) is 2.95. The van der Waals surface area contributed by atoms with Crippen molar-refractivity contribution in [2.45, 2.75) is 56.7 Å². The van der Waals surface area contributed by atoms with Crippen molar-refractivity contribution in [3.63, 3.8) is 0 Å². The first-order valence-corrected chi connectivity index (χ1v) is 6.40. The van der Waals surface area contributed by atoms with Gasteiger partial charge in [-0.2, -0.15) is 0 Å². The number of ether oxygens (including phenoxy) is 1. The lowest BCUT2D eigenvalue weighted by Gasteiger charge is -2.28. The van der Waals surface area contributed by atoms with Gasteiger partial charge in [0.25, 0.3) is 0 Å². The molecule has 1 atom stereocenters. The predicted molar refractivity (Wildman–Crippen MR) is 62.2 cm³/mol. The summed E-state index contributed by atoms with van der Waals surface area (Å²) in [6, 6.07) is 0.571. The molecule has 1 saturated heterocycles. The fourth-order valence-electron chi connectivity index (χ4n) is 2.60. The van der Waals surface area contributed by atoms with Gasteiger partial charge in [-0.15, -0.1) is 0 Å². The number of carbonyl (C=O) groups excluding carboxylic acids is 1. The summed E-state index contributed by atoms with van der Waals surface area (Å²) in [5.74, 6) is -0.0367. The Kier molecular flexibility index (Phi) is 4.18. The highest BCUT2D eigenvalue weighted by Crippen LogP contribution is 2.22. The fraction of sp³-hybridized carbons (Fsp3) is 0.917. The molecule has 1 aliphatic heterocycles. The lowest BCUT2D eigenvalue weighted by atomic mass is 9.93. The standard InChI is InChI=1S/C12H22N2O2/c1-13-9-4-6-10(7-5-9)16-12(15)11-3-2-8-14-11/h9-11,13-14H,2-8H2,1H3/t9?,10?,11-/m0/s1. The van der Waals surface area contributed by atoms with Crippen molar-refractivity contribution >= 4 is 5.97 Å². The SMILES string of the molecule is CNC1CCC(OC(=O)[C@@H]2CCCN2)CC1. The Morgan fingerprint density at radius 2 is 2.00 bits per heavy atom. The van der Waals surface area contributed by atoms with Gasteiger partial charge in [0.05, 0.1) is 0 Å². The van der Waals surface area contributed by atoms with Crippen LogP contribution in [-0.2, 0) is 9.53 Å². The highest BCUT2D eigenvalue weighted by atomic mass is 16.5. The van der Waals surface area contributed by atoms with Crippen molar-refractivity contribution in [1.29, 1.82) is 0 Å². The largest absolute Gasteiger partial charge is 0.461 e. The zero-order chi connectivity index (χ0) is 11.4. The summed E-state index contributed by atoms with van der Waals surface area (Å²) >= 11 is 0. The minimum atomic E-state index is -0.0398. The minimum absolute atomic E-state index is 0.0367. The molecule has 4 nitrogen and oxygen atoms in total. The molecule has 92 valence electrons. The van der Waals surface area contributed by atoms with E-state index in [0.29, 0.717) is 6.04 Å². The van der Waals surface area contributed by atoms with Gasteiger partial charge in [-0.05, 0) is 52.1 Å². The van der Waals surface area contributed by atoms with Crippen molar-refractivity contribution in [2.75, 3.05) is 13.6 Å². The third-order valence-corrected chi connectivity index (χ3v) is 3.71. The minimum Gasteiger partial charge on any atom is -0.461 e. The lowest BCUT2D eigenvalue weighted by molar-refractivity contribution is -0.152. The van der Waals surface area contributed by atoms with Crippen LogP contribution in [0.15, 0.2) is 0 Å². The number of nitrogens with one attached hydrogen (secondary N) is 2. The first-order chi connectivity index (χ1) is 7.79. The average Bonchev–Trinajstić information content (AvgIpc) is 2.83. The van der Waals surface area contributed by atoms with E-state index in [4.69, 9.17) is 4.74 Å². The normalized spacial score (nSPS) is 34.9. The van der Waals surface area contributed by atoms with Crippen LogP contribution >= 0.6 is 0 Å². The summed E-state index contributed by atoms with van der Waals surface area (Å²) in [4.78, 5) is 11.8. The van der Waals surface area contributed by atoms with Gasteiger partial charge in [0.15, 0.2) is 0 Å². The first-order valence-electron chi connectivity index (χ1n) is 6.40. The second-order valence-electron chi connectivity index (χ2n) is 4.85. The topological polar surface area (TPSA) is 50.4 Å². The maximum atomic E-state index is 11.8. The van der Waals surface area contributed by atoms with Crippen LogP contribution in [0.5, 0.6) is 0 Å². The van der Waals surface area contributed by atoms with E-state index < -0.39 is 0 Å². The number of esters is 1. The van der Waals surface area contributed by atoms with E-state index in [9.17, 15) is 4.79 Å². The van der Waals surface area contributed by atoms with Gasteiger partial charge in [-0.1, -0.05) is 0 Å². The number of carbonyl (C=O) groups is 1. The molecule has 2 rings (SSSR count). The van der Waals surface area contributed by atoms with Crippen LogP contribution in [0.1, 0.15) is 38.5 Å². The smallest absolute Gasteiger partial charge is 0.323 e. The summed E-state index contributed by atoms with van der Waals surface area (Å²) in [7, 11) is 2.00. The predicted octanol–water partition coefficient (Wildman–Crippen LogP) is 0.812. The molecule has 0 amide bonds. The van der Waals surface area contributed by atoms with E-state index >= 15 is 0 Å². The molecule has 2 aliphatic rings. The summed E-state index contributed by atoms with van der Waals surface area (Å²) in [5.41, 5.74) is 0. The van der Waals surface area contributed by atoms with Crippen LogP contribution in [-0.4, -0.2) is 37.7 Å². The van der Waals surface area contributed by atoms with Gasteiger partial charge in [0.2, 0.25) is 0 Å². The molecule has 0 spiro atoms. The van der Waals surface area contributed by atoms with E-state index in [1.165, 1.54) is 0 Å². The third-order valence-electron chi connectivity index (χ3n) is 3.71. The van der Waals surface area contributed by atoms with Crippen molar-refractivity contribution < 1.29 is 9.53 Å². The second kappa shape index (κ2) is 5.64. The highest BCUT2D eigenvalue weighted by molar-refractivity contribution is 5.76. The maximum absolute atomic E-state index is 11.8. The van der Waals surface area contributed by atoms with Gasteiger partial charge in [-0.3, -0.25) is 4.79 Å². The number of hydrogen-bond acceptors (Lipinski definition) is 4. The molecule has 0 aromatic heterocycles. The van der Waals surface area contributed by atoms with Crippen molar-refractivity contribution in [3.05, 3.63) is 0 Å². The Labute approximate surface area is 97.1 Å². The van der Waals surface area contributed by atoms with Gasteiger partial charge >= 0.3 is 5.97 Å². The highest BCUT2D eigenvalue weighted by Gasteiger charge is 2.28. The van der Waals surface area contributed by atoms with E-state index in [1.54, 1.807) is 0 Å². The Morgan fingerprint density at radius 1 is 1.25 bits per heavy atom. The zero-order valence-electron chi connectivity index (χ0n) is 10.00. The molecule has 0 unspecified atom stereocenters. The molecule has 2 N–H and O–H groups in total. The van der Waals surface area contributed by atoms with E-state index in [0.717, 1.165) is 45.1 Å². The molecule has 4 heteroatoms. The lowest BCUT2D eigenvalue weighted by Crippen LogP contribution is -2.38. The van der Waals surface area contributed by atoms with Crippen LogP contribution in [0.25, 0.3) is 0 Å². The van der Waals surface area contributed by atoms with Crippen molar-refractivity contribution in [1.82, 2.24) is 10.6 Å². The Morgan fingerprint density at radius 3 is 2.56 bits per heavy atom. The summed E-state index contributed by atoms with van der Waals surface area (Å²) in [5, 5.41) is 6.46. The maximum Gasteiger partial charge on any atom is 0.323 e. The number of rotatable bonds is 3. The fourth-order valence-corrected chi connectivity index (χ4v) is 2.60. The Balaban J connectivity index is 1.71. The second-order valence-corrected chi connectivity index (χ2v) is 4.85. The quantitative estimate of drug-likeness (QED) is 0.699. The summed E-state index contributed by atoms with van der Waals surface area (Å²) in [6.45, 7) is 0.951. The Hall–Kier alpha value is -0.610. The molecule has 16 heavy (non-hydrogen) atoms. The molecule has 1 heterocycles. The molecule has 0 bridgehead atoms. The molecule has 0 aromatic carbocycles. The first kappa shape index (κ1) is 11.9. The molecule has 0 radical (unpaired) electrons. The molecule has 1 aliphatic carbocycles. The van der Waals surface area contributed by atoms with E-state index in [1.807, 2.05) is 7.05 Å². The van der Waals surface area contributed by atoms with Gasteiger partial charge in [-0.25, -0.2) is 0 Å². The van der Waals surface area contributed by atoms with Crippen molar-refractivity contribution in [3.8, 4) is 0 Å². The van der Waals surface area contributed by atoms with Crippen LogP contribution in [0.4, 0.5) is 0 Å². The average molecular weight is 226 g/mol. The molecular formula is C12H22N2O2.